The van der Waals surface area contributed by atoms with Gasteiger partial charge in [-0.25, -0.2) is 0 Å². The van der Waals surface area contributed by atoms with Crippen LogP contribution < -0.4 is 5.32 Å². The molecule has 0 unspecified atom stereocenters. The topological polar surface area (TPSA) is 65.2 Å². The first-order valence-corrected chi connectivity index (χ1v) is 9.99. The molecule has 1 aromatic carbocycles. The van der Waals surface area contributed by atoms with E-state index in [1.807, 2.05) is 23.1 Å². The quantitative estimate of drug-likeness (QED) is 0.881. The second kappa shape index (κ2) is 6.25. The minimum atomic E-state index is -0.0486. The Morgan fingerprint density at radius 1 is 1.07 bits per heavy atom. The summed E-state index contributed by atoms with van der Waals surface area (Å²) in [4.78, 5) is 30.4. The lowest BCUT2D eigenvalue weighted by atomic mass is 9.73. The Bertz CT molecular complexity index is 861. The second-order valence-corrected chi connectivity index (χ2v) is 8.28. The first kappa shape index (κ1) is 16.6. The number of carbonyl (C=O) groups is 2. The van der Waals surface area contributed by atoms with E-state index in [0.717, 1.165) is 45.2 Å². The second-order valence-electron chi connectivity index (χ2n) is 8.28. The van der Waals surface area contributed by atoms with Gasteiger partial charge in [-0.1, -0.05) is 24.3 Å². The Labute approximate surface area is 159 Å². The Hall–Kier alpha value is -2.56. The van der Waals surface area contributed by atoms with Crippen molar-refractivity contribution in [3.05, 3.63) is 59.4 Å². The van der Waals surface area contributed by atoms with Crippen molar-refractivity contribution in [3.8, 4) is 0 Å². The molecule has 1 saturated heterocycles. The minimum absolute atomic E-state index is 0.0225. The molecule has 0 bridgehead atoms. The van der Waals surface area contributed by atoms with Gasteiger partial charge in [-0.05, 0) is 55.4 Å². The van der Waals surface area contributed by atoms with Crippen molar-refractivity contribution in [1.82, 2.24) is 15.2 Å². The molecule has 27 heavy (non-hydrogen) atoms. The summed E-state index contributed by atoms with van der Waals surface area (Å²) in [5, 5.41) is 3.20. The van der Waals surface area contributed by atoms with Crippen LogP contribution in [0.1, 0.15) is 59.6 Å². The zero-order valence-electron chi connectivity index (χ0n) is 15.4. The van der Waals surface area contributed by atoms with Gasteiger partial charge in [0.25, 0.3) is 5.91 Å². The lowest BCUT2D eigenvalue weighted by Gasteiger charge is -2.40. The van der Waals surface area contributed by atoms with Crippen LogP contribution in [0.25, 0.3) is 0 Å². The lowest BCUT2D eigenvalue weighted by molar-refractivity contribution is -0.123. The number of amides is 2. The smallest absolute Gasteiger partial charge is 0.270 e. The molecular weight excluding hydrogens is 338 g/mol. The largest absolute Gasteiger partial charge is 0.357 e. The number of likely N-dealkylation sites (tertiary alicyclic amines) is 1. The van der Waals surface area contributed by atoms with E-state index in [1.165, 1.54) is 11.1 Å². The molecule has 1 aromatic heterocycles. The van der Waals surface area contributed by atoms with Crippen LogP contribution in [0.3, 0.4) is 0 Å². The van der Waals surface area contributed by atoms with E-state index in [-0.39, 0.29) is 23.1 Å². The van der Waals surface area contributed by atoms with Crippen molar-refractivity contribution >= 4 is 11.8 Å². The predicted octanol–water partition coefficient (Wildman–Crippen LogP) is 2.95. The number of aromatic nitrogens is 1. The van der Waals surface area contributed by atoms with Crippen molar-refractivity contribution in [1.29, 1.82) is 0 Å². The predicted molar refractivity (Wildman–Crippen MR) is 103 cm³/mol. The molecular formula is C22H25N3O2. The Morgan fingerprint density at radius 3 is 2.56 bits per heavy atom. The third-order valence-electron chi connectivity index (χ3n) is 6.58. The van der Waals surface area contributed by atoms with Gasteiger partial charge < -0.3 is 15.2 Å². The first-order valence-electron chi connectivity index (χ1n) is 9.99. The monoisotopic (exact) mass is 363 g/mol. The summed E-state index contributed by atoms with van der Waals surface area (Å²) in [6.07, 6.45) is 6.72. The molecule has 5 nitrogen and oxygen atoms in total. The van der Waals surface area contributed by atoms with Gasteiger partial charge in [0, 0.05) is 30.7 Å². The lowest BCUT2D eigenvalue weighted by Crippen LogP contribution is -2.44. The molecule has 5 heteroatoms. The van der Waals surface area contributed by atoms with E-state index in [4.69, 9.17) is 0 Å². The number of H-pyrrole nitrogens is 1. The van der Waals surface area contributed by atoms with Gasteiger partial charge in [0.2, 0.25) is 5.91 Å². The van der Waals surface area contributed by atoms with E-state index >= 15 is 0 Å². The molecule has 2 aromatic rings. The molecule has 2 N–H and O–H groups in total. The van der Waals surface area contributed by atoms with Crippen LogP contribution in [-0.4, -0.2) is 40.8 Å². The van der Waals surface area contributed by atoms with E-state index in [9.17, 15) is 9.59 Å². The van der Waals surface area contributed by atoms with Crippen LogP contribution in [0.2, 0.25) is 0 Å². The summed E-state index contributed by atoms with van der Waals surface area (Å²) < 4.78 is 0. The molecule has 2 heterocycles. The van der Waals surface area contributed by atoms with E-state index in [0.29, 0.717) is 11.7 Å². The number of nitrogens with one attached hydrogen (secondary N) is 2. The average Bonchev–Trinajstić information content (AvgIpc) is 3.23. The molecule has 140 valence electrons. The highest BCUT2D eigenvalue weighted by Gasteiger charge is 2.48. The third kappa shape index (κ3) is 2.85. The number of hydrogen-bond acceptors (Lipinski definition) is 2. The molecule has 0 radical (unpaired) electrons. The van der Waals surface area contributed by atoms with Gasteiger partial charge in [0.15, 0.2) is 0 Å². The molecule has 1 spiro atoms. The molecule has 3 aliphatic rings. The Morgan fingerprint density at radius 2 is 1.85 bits per heavy atom. The molecule has 5 rings (SSSR count). The molecule has 2 fully saturated rings. The summed E-state index contributed by atoms with van der Waals surface area (Å²) in [5.74, 6) is 0.211. The summed E-state index contributed by atoms with van der Waals surface area (Å²) >= 11 is 0. The third-order valence-corrected chi connectivity index (χ3v) is 6.58. The van der Waals surface area contributed by atoms with Crippen LogP contribution in [0, 0.1) is 0 Å². The highest BCUT2D eigenvalue weighted by atomic mass is 16.2. The van der Waals surface area contributed by atoms with Crippen LogP contribution in [0.5, 0.6) is 0 Å². The standard InChI is InChI=1S/C22H25N3O2/c26-20(24-15-7-8-15)17-14-22(18-5-2-1-4-16(17)18)9-12-25(13-10-22)21(27)19-6-3-11-23-19/h1-6,11,15,17,23H,7-10,12-14H2,(H,24,26)/t17-/m1/s1. The van der Waals surface area contributed by atoms with Gasteiger partial charge in [-0.2, -0.15) is 0 Å². The maximum Gasteiger partial charge on any atom is 0.270 e. The number of benzene rings is 1. The highest BCUT2D eigenvalue weighted by molar-refractivity contribution is 5.92. The SMILES string of the molecule is O=C(NC1CC1)[C@@H]1CC2(CCN(C(=O)c3ccc[nH]3)CC2)c2ccccc21. The first-order chi connectivity index (χ1) is 13.2. The molecule has 2 amide bonds. The minimum Gasteiger partial charge on any atom is -0.357 e. The zero-order valence-corrected chi connectivity index (χ0v) is 15.4. The van der Waals surface area contributed by atoms with Gasteiger partial charge in [0.05, 0.1) is 5.92 Å². The van der Waals surface area contributed by atoms with Gasteiger partial charge in [0.1, 0.15) is 5.69 Å². The summed E-state index contributed by atoms with van der Waals surface area (Å²) in [7, 11) is 0. The Kier molecular flexibility index (Phi) is 3.85. The average molecular weight is 363 g/mol. The van der Waals surface area contributed by atoms with Crippen molar-refractivity contribution < 1.29 is 9.59 Å². The highest BCUT2D eigenvalue weighted by Crippen LogP contribution is 2.51. The van der Waals surface area contributed by atoms with E-state index in [1.54, 1.807) is 6.20 Å². The fraction of sp³-hybridized carbons (Fsp3) is 0.455. The van der Waals surface area contributed by atoms with E-state index in [2.05, 4.69) is 28.5 Å². The van der Waals surface area contributed by atoms with Crippen LogP contribution in [-0.2, 0) is 10.2 Å². The van der Waals surface area contributed by atoms with Crippen molar-refractivity contribution in [2.75, 3.05) is 13.1 Å². The normalized spacial score (nSPS) is 23.3. The number of fused-ring (bicyclic) bond motifs is 2. The number of aromatic amines is 1. The number of piperidine rings is 1. The maximum atomic E-state index is 12.8. The molecule has 1 aliphatic heterocycles. The van der Waals surface area contributed by atoms with Crippen LogP contribution >= 0.6 is 0 Å². The fourth-order valence-corrected chi connectivity index (χ4v) is 4.90. The van der Waals surface area contributed by atoms with Gasteiger partial charge in [-0.15, -0.1) is 0 Å². The van der Waals surface area contributed by atoms with Crippen molar-refractivity contribution in [2.45, 2.75) is 49.5 Å². The summed E-state index contributed by atoms with van der Waals surface area (Å²) in [6, 6.07) is 12.5. The maximum absolute atomic E-state index is 12.8. The number of nitrogens with zero attached hydrogens (tertiary/aromatic N) is 1. The molecule has 2 aliphatic carbocycles. The number of hydrogen-bond donors (Lipinski definition) is 2. The summed E-state index contributed by atoms with van der Waals surface area (Å²) in [5.41, 5.74) is 3.20. The summed E-state index contributed by atoms with van der Waals surface area (Å²) in [6.45, 7) is 1.48. The van der Waals surface area contributed by atoms with Gasteiger partial charge >= 0.3 is 0 Å². The van der Waals surface area contributed by atoms with E-state index < -0.39 is 0 Å². The van der Waals surface area contributed by atoms with Crippen molar-refractivity contribution in [3.63, 3.8) is 0 Å². The number of carbonyl (C=O) groups excluding carboxylic acids is 2. The van der Waals surface area contributed by atoms with Crippen LogP contribution in [0.15, 0.2) is 42.6 Å². The molecule has 1 atom stereocenters. The van der Waals surface area contributed by atoms with Crippen molar-refractivity contribution in [2.24, 2.45) is 0 Å². The van der Waals surface area contributed by atoms with Crippen LogP contribution in [0.4, 0.5) is 0 Å². The Balaban J connectivity index is 1.36. The molecule has 1 saturated carbocycles. The zero-order chi connectivity index (χ0) is 18.4. The van der Waals surface area contributed by atoms with Gasteiger partial charge in [-0.3, -0.25) is 9.59 Å². The number of rotatable bonds is 3. The fourth-order valence-electron chi connectivity index (χ4n) is 4.90.